The Morgan fingerprint density at radius 1 is 1.12 bits per heavy atom. The van der Waals surface area contributed by atoms with Gasteiger partial charge in [0.15, 0.2) is 5.96 Å². The molecule has 0 aliphatic heterocycles. The number of carboxylic acid groups (broad SMARTS) is 1. The maximum Gasteiger partial charge on any atom is 0.328 e. The topological polar surface area (TPSA) is 175 Å². The second-order valence-electron chi connectivity index (χ2n) is 11.6. The lowest BCUT2D eigenvalue weighted by Gasteiger charge is -2.36. The zero-order chi connectivity index (χ0) is 30.8. The molecule has 1 aromatic heterocycles. The van der Waals surface area contributed by atoms with Crippen molar-refractivity contribution in [1.82, 2.24) is 4.98 Å². The van der Waals surface area contributed by atoms with Gasteiger partial charge in [0.05, 0.1) is 6.54 Å². The number of carbonyl (C=O) groups excluding carboxylic acids is 1. The van der Waals surface area contributed by atoms with Crippen molar-refractivity contribution in [3.63, 3.8) is 0 Å². The number of H-pyrrole nitrogens is 1. The van der Waals surface area contributed by atoms with E-state index in [2.05, 4.69) is 52.5 Å². The Hall–Kier alpha value is -4.37. The van der Waals surface area contributed by atoms with E-state index in [1.165, 1.54) is 28.0 Å². The fourth-order valence-electron chi connectivity index (χ4n) is 5.94. The average Bonchev–Trinajstić information content (AvgIpc) is 3.50. The van der Waals surface area contributed by atoms with Crippen LogP contribution in [0.1, 0.15) is 62.5 Å². The highest BCUT2D eigenvalue weighted by atomic mass is 16.4. The molecule has 0 saturated carbocycles. The van der Waals surface area contributed by atoms with Gasteiger partial charge in [-0.3, -0.25) is 0 Å². The van der Waals surface area contributed by atoms with Crippen LogP contribution in [0, 0.1) is 11.8 Å². The van der Waals surface area contributed by atoms with Crippen molar-refractivity contribution in [2.45, 2.75) is 63.5 Å². The van der Waals surface area contributed by atoms with E-state index < -0.39 is 12.0 Å². The molecule has 8 N–H and O–H groups in total. The van der Waals surface area contributed by atoms with Crippen LogP contribution < -0.4 is 17.2 Å². The summed E-state index contributed by atoms with van der Waals surface area (Å²) in [6, 6.07) is 16.2. The molecule has 1 aliphatic rings. The van der Waals surface area contributed by atoms with E-state index in [9.17, 15) is 14.7 Å². The number of nitrogens with one attached hydrogen (secondary N) is 1. The number of carbonyl (C=O) groups is 2. The number of aliphatic imine (C=N–C) groups is 1. The second kappa shape index (κ2) is 15.2. The summed E-state index contributed by atoms with van der Waals surface area (Å²) in [6.07, 6.45) is 13.3. The molecule has 0 amide bonds. The summed E-state index contributed by atoms with van der Waals surface area (Å²) in [5, 5.41) is 17.0. The number of hydrogen-bond donors (Lipinski definition) is 5. The Morgan fingerprint density at radius 3 is 2.56 bits per heavy atom. The number of aldehydes is 1. The highest BCUT2D eigenvalue weighted by Crippen LogP contribution is 2.43. The number of aliphatic carboxylic acids is 1. The largest absolute Gasteiger partial charge is 0.478 e. The van der Waals surface area contributed by atoms with Crippen molar-refractivity contribution < 1.29 is 14.7 Å². The van der Waals surface area contributed by atoms with E-state index >= 15 is 0 Å². The molecule has 43 heavy (non-hydrogen) atoms. The van der Waals surface area contributed by atoms with Crippen LogP contribution in [0.2, 0.25) is 0 Å². The standard InChI is InChI=1S/C34H43N6O3/c1-22(21-41)11-14-28(35)8-4-9-29-26(13-12-25-16-23-6-2-3-7-24(23)17-30(25)29)18-31(40-32-10-5-15-38-32)27(19-33(42)43)20-39-34(36)37/h2-3,5-7,10,12-13,15-17,19,21-22,26,28-29,31,38H,4,8-9,11,14,18,20,35H2,1H3,(H,42,43)(H4,36,37,39)/q-1/b27-19+/t22-,26-,28+,29-,31+/m0/s1. The normalized spacial score (nSPS) is 18.4. The minimum Gasteiger partial charge on any atom is -0.478 e. The smallest absolute Gasteiger partial charge is 0.328 e. The molecule has 1 heterocycles. The molecular weight excluding hydrogens is 540 g/mol. The van der Waals surface area contributed by atoms with Crippen molar-refractivity contribution in [2.24, 2.45) is 34.0 Å². The molecule has 0 unspecified atom stereocenters. The SMILES string of the molecule is C[C@H](C=O)CC[C@H](N)CCC[C@@H]1c2cc3ccccc3cc2C=C[C@H]1C[C@@H]([N-]c1ccc[nH]1)/C(=C/C(=O)O)CN=C(N)N. The third kappa shape index (κ3) is 9.06. The van der Waals surface area contributed by atoms with Crippen molar-refractivity contribution in [2.75, 3.05) is 6.54 Å². The van der Waals surface area contributed by atoms with Gasteiger partial charge in [-0.05, 0) is 83.5 Å². The van der Waals surface area contributed by atoms with Crippen molar-refractivity contribution in [3.05, 3.63) is 88.9 Å². The minimum absolute atomic E-state index is 0.0198. The lowest BCUT2D eigenvalue weighted by Crippen LogP contribution is -2.26. The number of aromatic nitrogens is 1. The van der Waals surface area contributed by atoms with Crippen LogP contribution in [0.4, 0.5) is 5.82 Å². The van der Waals surface area contributed by atoms with Gasteiger partial charge in [-0.25, -0.2) is 9.79 Å². The van der Waals surface area contributed by atoms with E-state index in [0.29, 0.717) is 17.8 Å². The van der Waals surface area contributed by atoms with E-state index in [1.54, 1.807) is 6.20 Å². The highest BCUT2D eigenvalue weighted by molar-refractivity contribution is 5.87. The molecule has 9 heteroatoms. The first-order chi connectivity index (χ1) is 20.7. The van der Waals surface area contributed by atoms with Gasteiger partial charge in [0.2, 0.25) is 0 Å². The van der Waals surface area contributed by atoms with Gasteiger partial charge >= 0.3 is 5.97 Å². The lowest BCUT2D eigenvalue weighted by atomic mass is 9.73. The molecule has 2 aromatic carbocycles. The average molecular weight is 584 g/mol. The van der Waals surface area contributed by atoms with Crippen LogP contribution in [-0.2, 0) is 9.59 Å². The maximum absolute atomic E-state index is 11.8. The Bertz CT molecular complexity index is 1460. The summed E-state index contributed by atoms with van der Waals surface area (Å²) in [6.45, 7) is 1.97. The molecule has 5 atom stereocenters. The summed E-state index contributed by atoms with van der Waals surface area (Å²) < 4.78 is 0. The highest BCUT2D eigenvalue weighted by Gasteiger charge is 2.29. The molecule has 3 aromatic rings. The first kappa shape index (κ1) is 31.6. The second-order valence-corrected chi connectivity index (χ2v) is 11.6. The van der Waals surface area contributed by atoms with Crippen LogP contribution in [0.25, 0.3) is 22.2 Å². The molecule has 0 bridgehead atoms. The number of nitrogens with two attached hydrogens (primary N) is 3. The van der Waals surface area contributed by atoms with Crippen molar-refractivity contribution in [1.29, 1.82) is 0 Å². The van der Waals surface area contributed by atoms with Gasteiger partial charge in [0.1, 0.15) is 6.29 Å². The summed E-state index contributed by atoms with van der Waals surface area (Å²) >= 11 is 0. The molecule has 1 aliphatic carbocycles. The predicted molar refractivity (Wildman–Crippen MR) is 174 cm³/mol. The summed E-state index contributed by atoms with van der Waals surface area (Å²) in [5.41, 5.74) is 20.7. The van der Waals surface area contributed by atoms with Gasteiger partial charge in [-0.2, -0.15) is 0 Å². The molecule has 0 radical (unpaired) electrons. The number of rotatable bonds is 16. The summed E-state index contributed by atoms with van der Waals surface area (Å²) in [5.74, 6) is -0.236. The number of nitrogens with zero attached hydrogens (tertiary/aromatic N) is 2. The number of benzene rings is 2. The number of fused-ring (bicyclic) bond motifs is 2. The van der Waals surface area contributed by atoms with Crippen molar-refractivity contribution >= 4 is 40.9 Å². The van der Waals surface area contributed by atoms with E-state index in [0.717, 1.165) is 38.4 Å². The zero-order valence-corrected chi connectivity index (χ0v) is 24.7. The van der Waals surface area contributed by atoms with Crippen LogP contribution >= 0.6 is 0 Å². The van der Waals surface area contributed by atoms with Crippen LogP contribution in [0.15, 0.2) is 77.4 Å². The van der Waals surface area contributed by atoms with E-state index in [1.807, 2.05) is 25.1 Å². The number of carboxylic acids is 1. The Balaban J connectivity index is 1.63. The van der Waals surface area contributed by atoms with Crippen LogP contribution in [0.5, 0.6) is 0 Å². The predicted octanol–water partition coefficient (Wildman–Crippen LogP) is 5.76. The molecule has 0 fully saturated rings. The molecular formula is C34H43N6O3-. The zero-order valence-electron chi connectivity index (χ0n) is 24.7. The van der Waals surface area contributed by atoms with Gasteiger partial charge in [-0.15, -0.1) is 0 Å². The van der Waals surface area contributed by atoms with Crippen LogP contribution in [-0.4, -0.2) is 46.9 Å². The third-order valence-electron chi connectivity index (χ3n) is 8.26. The Kier molecular flexibility index (Phi) is 11.2. The van der Waals surface area contributed by atoms with E-state index in [4.69, 9.17) is 22.5 Å². The number of hydrogen-bond acceptors (Lipinski definition) is 4. The Morgan fingerprint density at radius 2 is 1.88 bits per heavy atom. The number of aromatic amines is 1. The number of allylic oxidation sites excluding steroid dienone is 1. The molecule has 4 rings (SSSR count). The lowest BCUT2D eigenvalue weighted by molar-refractivity contribution is -0.131. The van der Waals surface area contributed by atoms with Crippen molar-refractivity contribution in [3.8, 4) is 0 Å². The van der Waals surface area contributed by atoms with Gasteiger partial charge in [0.25, 0.3) is 0 Å². The molecule has 0 spiro atoms. The van der Waals surface area contributed by atoms with Gasteiger partial charge in [0, 0.05) is 18.0 Å². The third-order valence-corrected chi connectivity index (χ3v) is 8.26. The van der Waals surface area contributed by atoms with E-state index in [-0.39, 0.29) is 36.3 Å². The first-order valence-corrected chi connectivity index (χ1v) is 15.0. The maximum atomic E-state index is 11.8. The molecule has 9 nitrogen and oxygen atoms in total. The first-order valence-electron chi connectivity index (χ1n) is 15.0. The Labute approximate surface area is 253 Å². The van der Waals surface area contributed by atoms with Gasteiger partial charge in [-0.1, -0.05) is 80.0 Å². The monoisotopic (exact) mass is 583 g/mol. The summed E-state index contributed by atoms with van der Waals surface area (Å²) in [7, 11) is 0. The fraction of sp³-hybridized carbons (Fsp3) is 0.382. The number of guanidine groups is 1. The summed E-state index contributed by atoms with van der Waals surface area (Å²) in [4.78, 5) is 30.1. The van der Waals surface area contributed by atoms with Gasteiger partial charge < -0.3 is 37.4 Å². The fourth-order valence-corrected chi connectivity index (χ4v) is 5.94. The molecule has 0 saturated heterocycles. The minimum atomic E-state index is -1.07. The molecule has 228 valence electrons. The quantitative estimate of drug-likeness (QED) is 0.0620. The van der Waals surface area contributed by atoms with Crippen LogP contribution in [0.3, 0.4) is 0 Å².